The van der Waals surface area contributed by atoms with Crippen LogP contribution in [0.5, 0.6) is 0 Å². The van der Waals surface area contributed by atoms with E-state index in [2.05, 4.69) is 41.7 Å². The van der Waals surface area contributed by atoms with Gasteiger partial charge in [-0.1, -0.05) is 73.2 Å². The average Bonchev–Trinajstić information content (AvgIpc) is 2.62. The van der Waals surface area contributed by atoms with Gasteiger partial charge in [0, 0.05) is 23.6 Å². The smallest absolute Gasteiger partial charge is 0.121 e. The number of benzene rings is 2. The summed E-state index contributed by atoms with van der Waals surface area (Å²) in [6.45, 7) is 0. The van der Waals surface area contributed by atoms with Crippen molar-refractivity contribution in [2.75, 3.05) is 12.8 Å². The fourth-order valence-electron chi connectivity index (χ4n) is 3.28. The second-order valence-corrected chi connectivity index (χ2v) is 8.06. The van der Waals surface area contributed by atoms with E-state index in [1.54, 1.807) is 0 Å². The molecule has 1 fully saturated rings. The summed E-state index contributed by atoms with van der Waals surface area (Å²) in [6, 6.07) is 18.7. The van der Waals surface area contributed by atoms with Crippen LogP contribution in [0.1, 0.15) is 24.8 Å². The summed E-state index contributed by atoms with van der Waals surface area (Å²) in [7, 11) is 0.855. The Balaban J connectivity index is 2.01. The van der Waals surface area contributed by atoms with Crippen LogP contribution in [0.25, 0.3) is 11.1 Å². The van der Waals surface area contributed by atoms with Crippen LogP contribution < -0.4 is 5.32 Å². The first-order valence-electron chi connectivity index (χ1n) is 7.95. The van der Waals surface area contributed by atoms with Gasteiger partial charge >= 0.3 is 0 Å². The largest absolute Gasteiger partial charge is 0.381 e. The monoisotopic (exact) mass is 343 g/mol. The molecule has 1 N–H and O–H groups in total. The van der Waals surface area contributed by atoms with E-state index in [0.717, 1.165) is 30.6 Å². The van der Waals surface area contributed by atoms with Crippen LogP contribution in [0.3, 0.4) is 0 Å². The molecule has 0 saturated carbocycles. The van der Waals surface area contributed by atoms with E-state index in [4.69, 9.17) is 12.2 Å². The van der Waals surface area contributed by atoms with E-state index in [1.807, 2.05) is 25.2 Å². The van der Waals surface area contributed by atoms with E-state index < -0.39 is 15.5 Å². The molecule has 4 heteroatoms. The van der Waals surface area contributed by atoms with Gasteiger partial charge in [0.25, 0.3) is 0 Å². The van der Waals surface area contributed by atoms with Crippen LogP contribution in [0.4, 0.5) is 0 Å². The summed E-state index contributed by atoms with van der Waals surface area (Å²) in [6.07, 6.45) is 2.93. The Bertz CT molecular complexity index is 702. The van der Waals surface area contributed by atoms with Gasteiger partial charge in [0.2, 0.25) is 0 Å². The molecule has 0 unspecified atom stereocenters. The Morgan fingerprint density at radius 3 is 2.30 bits per heavy atom. The molecule has 0 bridgehead atoms. The molecule has 0 aliphatic carbocycles. The maximum absolute atomic E-state index is 12.9. The minimum Gasteiger partial charge on any atom is -0.381 e. The normalized spacial score (nSPS) is 24.1. The van der Waals surface area contributed by atoms with Crippen molar-refractivity contribution in [3.8, 4) is 11.1 Å². The zero-order valence-corrected chi connectivity index (χ0v) is 14.9. The van der Waals surface area contributed by atoms with Crippen molar-refractivity contribution in [1.82, 2.24) is 5.32 Å². The Hall–Kier alpha value is -1.52. The molecular formula is C19H21NOS2. The van der Waals surface area contributed by atoms with Crippen molar-refractivity contribution in [2.24, 2.45) is 0 Å². The van der Waals surface area contributed by atoms with Crippen LogP contribution in [-0.2, 0) is 15.5 Å². The van der Waals surface area contributed by atoms with Gasteiger partial charge in [0.15, 0.2) is 0 Å². The number of rotatable bonds is 3. The lowest BCUT2D eigenvalue weighted by atomic mass is 9.90. The number of thiocarbonyl (C=S) groups is 1. The first-order valence-corrected chi connectivity index (χ1v) is 9.68. The van der Waals surface area contributed by atoms with E-state index in [9.17, 15) is 4.21 Å². The Morgan fingerprint density at radius 1 is 1.04 bits per heavy atom. The van der Waals surface area contributed by atoms with Crippen LogP contribution in [0, 0.1) is 0 Å². The standard InChI is InChI=1S/C19H21NOS2/c1-20-18(22)19(13-5-6-14-23(19)21)17-11-9-16(10-12-17)15-7-3-2-4-8-15/h2-4,7-12H,5-6,13-14H2,1H3,(H,20,22)/t19-,23-/m0/s1. The van der Waals surface area contributed by atoms with Crippen molar-refractivity contribution < 1.29 is 4.21 Å². The maximum Gasteiger partial charge on any atom is 0.121 e. The number of nitrogens with one attached hydrogen (secondary N) is 1. The summed E-state index contributed by atoms with van der Waals surface area (Å²) in [5.41, 5.74) is 3.42. The van der Waals surface area contributed by atoms with Gasteiger partial charge in [-0.25, -0.2) is 0 Å². The molecule has 1 aliphatic heterocycles. The van der Waals surface area contributed by atoms with Crippen molar-refractivity contribution in [3.63, 3.8) is 0 Å². The molecule has 0 amide bonds. The van der Waals surface area contributed by atoms with Gasteiger partial charge in [-0.3, -0.25) is 4.21 Å². The molecule has 120 valence electrons. The van der Waals surface area contributed by atoms with Gasteiger partial charge in [0.1, 0.15) is 4.75 Å². The van der Waals surface area contributed by atoms with Gasteiger partial charge < -0.3 is 5.32 Å². The van der Waals surface area contributed by atoms with Gasteiger partial charge in [0.05, 0.1) is 4.99 Å². The van der Waals surface area contributed by atoms with Crippen LogP contribution in [-0.4, -0.2) is 22.0 Å². The molecule has 2 nitrogen and oxygen atoms in total. The molecule has 1 aliphatic rings. The molecule has 1 saturated heterocycles. The molecule has 0 aromatic heterocycles. The minimum absolute atomic E-state index is 0.530. The molecule has 2 aromatic rings. The van der Waals surface area contributed by atoms with E-state index in [0.29, 0.717) is 4.99 Å². The molecule has 2 atom stereocenters. The highest BCUT2D eigenvalue weighted by Crippen LogP contribution is 2.39. The second-order valence-electron chi connectivity index (χ2n) is 5.86. The van der Waals surface area contributed by atoms with Crippen molar-refractivity contribution in [3.05, 3.63) is 60.2 Å². The molecule has 0 spiro atoms. The highest BCUT2D eigenvalue weighted by Gasteiger charge is 2.44. The Labute approximate surface area is 145 Å². The summed E-state index contributed by atoms with van der Waals surface area (Å²) in [5, 5.41) is 3.09. The predicted molar refractivity (Wildman–Crippen MR) is 102 cm³/mol. The van der Waals surface area contributed by atoms with Gasteiger partial charge in [-0.15, -0.1) is 0 Å². The van der Waals surface area contributed by atoms with Crippen LogP contribution >= 0.6 is 12.2 Å². The molecule has 1 heterocycles. The zero-order chi connectivity index (χ0) is 16.3. The quantitative estimate of drug-likeness (QED) is 0.853. The molecule has 2 aromatic carbocycles. The topological polar surface area (TPSA) is 29.1 Å². The number of hydrogen-bond acceptors (Lipinski definition) is 2. The molecule has 23 heavy (non-hydrogen) atoms. The maximum atomic E-state index is 12.9. The van der Waals surface area contributed by atoms with Gasteiger partial charge in [-0.05, 0) is 29.5 Å². The summed E-state index contributed by atoms with van der Waals surface area (Å²) >= 11 is 5.57. The molecule has 3 rings (SSSR count). The zero-order valence-electron chi connectivity index (χ0n) is 13.2. The fourth-order valence-corrected chi connectivity index (χ4v) is 5.68. The number of hydrogen-bond donors (Lipinski definition) is 1. The Morgan fingerprint density at radius 2 is 1.70 bits per heavy atom. The third kappa shape index (κ3) is 2.98. The third-order valence-corrected chi connectivity index (χ3v) is 7.31. The third-order valence-electron chi connectivity index (χ3n) is 4.55. The van der Waals surface area contributed by atoms with Crippen LogP contribution in [0.15, 0.2) is 54.6 Å². The summed E-state index contributed by atoms with van der Waals surface area (Å²) in [5.74, 6) is 0.724. The Kier molecular flexibility index (Phi) is 4.93. The highest BCUT2D eigenvalue weighted by molar-refractivity contribution is 7.90. The molecular weight excluding hydrogens is 322 g/mol. The fraction of sp³-hybridized carbons (Fsp3) is 0.316. The average molecular weight is 344 g/mol. The first-order chi connectivity index (χ1) is 11.2. The van der Waals surface area contributed by atoms with Crippen LogP contribution in [0.2, 0.25) is 0 Å². The lowest BCUT2D eigenvalue weighted by molar-refractivity contribution is 0.574. The molecule has 0 radical (unpaired) electrons. The van der Waals surface area contributed by atoms with Crippen molar-refractivity contribution in [2.45, 2.75) is 24.0 Å². The SMILES string of the molecule is CNC(=S)[C@@]1(c2ccc(-c3ccccc3)cc2)CCCC[S@@]1=O. The van der Waals surface area contributed by atoms with E-state index in [-0.39, 0.29) is 0 Å². The van der Waals surface area contributed by atoms with Crippen molar-refractivity contribution in [1.29, 1.82) is 0 Å². The first kappa shape index (κ1) is 16.3. The van der Waals surface area contributed by atoms with E-state index >= 15 is 0 Å². The predicted octanol–water partition coefficient (Wildman–Crippen LogP) is 4.03. The summed E-state index contributed by atoms with van der Waals surface area (Å²) < 4.78 is 12.3. The van der Waals surface area contributed by atoms with Gasteiger partial charge in [-0.2, -0.15) is 0 Å². The number of likely N-dealkylation sites (N-methyl/N-ethyl adjacent to an activating group) is 1. The van der Waals surface area contributed by atoms with Crippen molar-refractivity contribution >= 4 is 28.0 Å². The summed E-state index contributed by atoms with van der Waals surface area (Å²) in [4.78, 5) is 0.697. The lowest BCUT2D eigenvalue weighted by Gasteiger charge is -2.37. The second kappa shape index (κ2) is 6.93. The van der Waals surface area contributed by atoms with E-state index in [1.165, 1.54) is 11.1 Å². The minimum atomic E-state index is -0.972. The highest BCUT2D eigenvalue weighted by atomic mass is 32.2. The lowest BCUT2D eigenvalue weighted by Crippen LogP contribution is -2.47.